The molecular weight excluding hydrogens is 334 g/mol. The minimum absolute atomic E-state index is 0.0343. The molecule has 2 aromatic carbocycles. The molecule has 0 radical (unpaired) electrons. The molecule has 1 N–H and O–H groups in total. The van der Waals surface area contributed by atoms with Gasteiger partial charge in [-0.3, -0.25) is 4.79 Å². The largest absolute Gasteiger partial charge is 0.493 e. The third-order valence-electron chi connectivity index (χ3n) is 4.21. The van der Waals surface area contributed by atoms with Gasteiger partial charge >= 0.3 is 0 Å². The Kier molecular flexibility index (Phi) is 7.32. The Morgan fingerprint density at radius 2 is 1.80 bits per heavy atom. The van der Waals surface area contributed by atoms with Gasteiger partial charge in [0, 0.05) is 17.1 Å². The Morgan fingerprint density at radius 1 is 1.12 bits per heavy atom. The molecule has 0 aliphatic carbocycles. The lowest BCUT2D eigenvalue weighted by atomic mass is 10.0. The number of rotatable bonds is 8. The van der Waals surface area contributed by atoms with Crippen molar-refractivity contribution in [2.45, 2.75) is 46.5 Å². The molecule has 0 spiro atoms. The Balaban J connectivity index is 1.85. The van der Waals surface area contributed by atoms with Crippen LogP contribution in [0.15, 0.2) is 36.4 Å². The van der Waals surface area contributed by atoms with Crippen molar-refractivity contribution in [3.05, 3.63) is 58.1 Å². The van der Waals surface area contributed by atoms with Crippen LogP contribution in [0.1, 0.15) is 43.4 Å². The highest BCUT2D eigenvalue weighted by molar-refractivity contribution is 6.30. The SMILES string of the molecule is CCc1cccc(CC)c1NC(=O)CCCOc1ccc(Cl)cc1C. The first-order valence-corrected chi connectivity index (χ1v) is 9.22. The van der Waals surface area contributed by atoms with Gasteiger partial charge in [0.25, 0.3) is 0 Å². The van der Waals surface area contributed by atoms with Crippen LogP contribution in [0.25, 0.3) is 0 Å². The average molecular weight is 360 g/mol. The summed E-state index contributed by atoms with van der Waals surface area (Å²) in [7, 11) is 0. The van der Waals surface area contributed by atoms with Crippen molar-refractivity contribution in [1.29, 1.82) is 0 Å². The predicted molar refractivity (Wildman–Crippen MR) is 105 cm³/mol. The molecule has 0 fully saturated rings. The van der Waals surface area contributed by atoms with Crippen LogP contribution in [0.3, 0.4) is 0 Å². The molecule has 0 saturated heterocycles. The maximum Gasteiger partial charge on any atom is 0.224 e. The number of aryl methyl sites for hydroxylation is 3. The van der Waals surface area contributed by atoms with E-state index in [4.69, 9.17) is 16.3 Å². The lowest BCUT2D eigenvalue weighted by molar-refractivity contribution is -0.116. The molecular formula is C21H26ClNO2. The third kappa shape index (κ3) is 5.50. The number of carbonyl (C=O) groups is 1. The molecule has 2 aromatic rings. The standard InChI is InChI=1S/C21H26ClNO2/c1-4-16-8-6-9-17(5-2)21(16)23-20(24)10-7-13-25-19-12-11-18(22)14-15(19)3/h6,8-9,11-12,14H,4-5,7,10,13H2,1-3H3,(H,23,24). The molecule has 3 nitrogen and oxygen atoms in total. The molecule has 2 rings (SSSR count). The van der Waals surface area contributed by atoms with Crippen molar-refractivity contribution in [1.82, 2.24) is 0 Å². The topological polar surface area (TPSA) is 38.3 Å². The molecule has 0 aromatic heterocycles. The van der Waals surface area contributed by atoms with E-state index in [1.54, 1.807) is 0 Å². The van der Waals surface area contributed by atoms with E-state index >= 15 is 0 Å². The summed E-state index contributed by atoms with van der Waals surface area (Å²) in [6.07, 6.45) is 2.92. The molecule has 0 bridgehead atoms. The number of benzene rings is 2. The van der Waals surface area contributed by atoms with Gasteiger partial charge < -0.3 is 10.1 Å². The van der Waals surface area contributed by atoms with Crippen molar-refractivity contribution in [3.8, 4) is 5.75 Å². The second-order valence-corrected chi connectivity index (χ2v) is 6.50. The highest BCUT2D eigenvalue weighted by Crippen LogP contribution is 2.24. The van der Waals surface area contributed by atoms with Gasteiger partial charge in [-0.25, -0.2) is 0 Å². The number of ether oxygens (including phenoxy) is 1. The minimum Gasteiger partial charge on any atom is -0.493 e. The summed E-state index contributed by atoms with van der Waals surface area (Å²) in [5, 5.41) is 3.79. The first-order valence-electron chi connectivity index (χ1n) is 8.84. The van der Waals surface area contributed by atoms with E-state index in [1.165, 1.54) is 11.1 Å². The second-order valence-electron chi connectivity index (χ2n) is 6.07. The molecule has 4 heteroatoms. The molecule has 0 aliphatic heterocycles. The van der Waals surface area contributed by atoms with Crippen LogP contribution in [0.5, 0.6) is 5.75 Å². The number of anilines is 1. The van der Waals surface area contributed by atoms with E-state index in [-0.39, 0.29) is 5.91 Å². The molecule has 0 aliphatic rings. The Labute approximate surface area is 155 Å². The minimum atomic E-state index is 0.0343. The smallest absolute Gasteiger partial charge is 0.224 e. The fraction of sp³-hybridized carbons (Fsp3) is 0.381. The zero-order valence-corrected chi connectivity index (χ0v) is 16.0. The molecule has 1 amide bonds. The second kappa shape index (κ2) is 9.47. The Bertz CT molecular complexity index is 706. The summed E-state index contributed by atoms with van der Waals surface area (Å²) in [5.41, 5.74) is 4.34. The molecule has 0 atom stereocenters. The van der Waals surface area contributed by atoms with Crippen molar-refractivity contribution < 1.29 is 9.53 Å². The summed E-state index contributed by atoms with van der Waals surface area (Å²) in [4.78, 5) is 12.3. The number of hydrogen-bond acceptors (Lipinski definition) is 2. The van der Waals surface area contributed by atoms with Crippen molar-refractivity contribution >= 4 is 23.2 Å². The third-order valence-corrected chi connectivity index (χ3v) is 4.44. The summed E-state index contributed by atoms with van der Waals surface area (Å²) in [6, 6.07) is 11.7. The number of para-hydroxylation sites is 1. The lowest BCUT2D eigenvalue weighted by Crippen LogP contribution is -2.15. The van der Waals surface area contributed by atoms with Crippen LogP contribution in [0, 0.1) is 6.92 Å². The van der Waals surface area contributed by atoms with Gasteiger partial charge in [0.05, 0.1) is 6.61 Å². The van der Waals surface area contributed by atoms with E-state index in [1.807, 2.05) is 25.1 Å². The number of hydrogen-bond donors (Lipinski definition) is 1. The van der Waals surface area contributed by atoms with Gasteiger partial charge in [-0.05, 0) is 61.1 Å². The molecule has 0 saturated carbocycles. The van der Waals surface area contributed by atoms with Gasteiger partial charge in [0.2, 0.25) is 5.91 Å². The molecule has 0 unspecified atom stereocenters. The van der Waals surface area contributed by atoms with E-state index in [2.05, 4.69) is 37.4 Å². The van der Waals surface area contributed by atoms with Crippen LogP contribution < -0.4 is 10.1 Å². The highest BCUT2D eigenvalue weighted by Gasteiger charge is 2.10. The molecule has 25 heavy (non-hydrogen) atoms. The van der Waals surface area contributed by atoms with Gasteiger partial charge in [-0.1, -0.05) is 43.6 Å². The fourth-order valence-electron chi connectivity index (χ4n) is 2.79. The first kappa shape index (κ1) is 19.3. The van der Waals surface area contributed by atoms with Gasteiger partial charge in [-0.2, -0.15) is 0 Å². The van der Waals surface area contributed by atoms with Crippen LogP contribution in [0.4, 0.5) is 5.69 Å². The monoisotopic (exact) mass is 359 g/mol. The van der Waals surface area contributed by atoms with Crippen molar-refractivity contribution in [3.63, 3.8) is 0 Å². The van der Waals surface area contributed by atoms with Crippen LogP contribution >= 0.6 is 11.6 Å². The Morgan fingerprint density at radius 3 is 2.40 bits per heavy atom. The summed E-state index contributed by atoms with van der Waals surface area (Å²) < 4.78 is 5.74. The van der Waals surface area contributed by atoms with Crippen LogP contribution in [-0.2, 0) is 17.6 Å². The predicted octanol–water partition coefficient (Wildman–Crippen LogP) is 5.57. The zero-order chi connectivity index (χ0) is 18.2. The van der Waals surface area contributed by atoms with Crippen LogP contribution in [0.2, 0.25) is 5.02 Å². The number of amides is 1. The Hall–Kier alpha value is -2.00. The van der Waals surface area contributed by atoms with Gasteiger partial charge in [-0.15, -0.1) is 0 Å². The number of halogens is 1. The summed E-state index contributed by atoms with van der Waals surface area (Å²) in [6.45, 7) is 6.67. The van der Waals surface area contributed by atoms with E-state index in [9.17, 15) is 4.79 Å². The molecule has 134 valence electrons. The van der Waals surface area contributed by atoms with E-state index < -0.39 is 0 Å². The van der Waals surface area contributed by atoms with Crippen molar-refractivity contribution in [2.24, 2.45) is 0 Å². The highest BCUT2D eigenvalue weighted by atomic mass is 35.5. The zero-order valence-electron chi connectivity index (χ0n) is 15.2. The van der Waals surface area contributed by atoms with E-state index in [0.717, 1.165) is 29.8 Å². The van der Waals surface area contributed by atoms with Gasteiger partial charge in [0.1, 0.15) is 5.75 Å². The normalized spacial score (nSPS) is 10.6. The fourth-order valence-corrected chi connectivity index (χ4v) is 3.02. The molecule has 0 heterocycles. The first-order chi connectivity index (χ1) is 12.0. The van der Waals surface area contributed by atoms with Crippen molar-refractivity contribution in [2.75, 3.05) is 11.9 Å². The van der Waals surface area contributed by atoms with Gasteiger partial charge in [0.15, 0.2) is 0 Å². The maximum absolute atomic E-state index is 12.3. The van der Waals surface area contributed by atoms with E-state index in [0.29, 0.717) is 24.5 Å². The number of carbonyl (C=O) groups excluding carboxylic acids is 1. The van der Waals surface area contributed by atoms with Crippen LogP contribution in [-0.4, -0.2) is 12.5 Å². The average Bonchev–Trinajstić information content (AvgIpc) is 2.60. The quantitative estimate of drug-likeness (QED) is 0.625. The number of nitrogens with one attached hydrogen (secondary N) is 1. The summed E-state index contributed by atoms with van der Waals surface area (Å²) in [5.74, 6) is 0.849. The maximum atomic E-state index is 12.3. The lowest BCUT2D eigenvalue weighted by Gasteiger charge is -2.14. The summed E-state index contributed by atoms with van der Waals surface area (Å²) >= 11 is 5.94.